The van der Waals surface area contributed by atoms with Crippen LogP contribution in [0.2, 0.25) is 0 Å². The van der Waals surface area contributed by atoms with E-state index in [4.69, 9.17) is 0 Å². The molecule has 2 heteroatoms. The van der Waals surface area contributed by atoms with Crippen LogP contribution >= 0.6 is 0 Å². The maximum Gasteiger partial charge on any atom is 0.0221 e. The zero-order valence-electron chi connectivity index (χ0n) is 10.9. The van der Waals surface area contributed by atoms with E-state index in [2.05, 4.69) is 17.1 Å². The molecule has 1 saturated heterocycles. The lowest BCUT2D eigenvalue weighted by atomic mass is 9.88. The highest BCUT2D eigenvalue weighted by Gasteiger charge is 2.24. The molecule has 0 radical (unpaired) electrons. The maximum atomic E-state index is 3.55. The first-order valence-electron chi connectivity index (χ1n) is 7.35. The van der Waals surface area contributed by atoms with E-state index in [1.165, 1.54) is 71.1 Å². The van der Waals surface area contributed by atoms with Gasteiger partial charge in [-0.3, -0.25) is 4.90 Å². The highest BCUT2D eigenvalue weighted by atomic mass is 15.2. The summed E-state index contributed by atoms with van der Waals surface area (Å²) in [5, 5.41) is 3.55. The Morgan fingerprint density at radius 1 is 1.19 bits per heavy atom. The van der Waals surface area contributed by atoms with E-state index in [0.717, 1.165) is 12.0 Å². The summed E-state index contributed by atoms with van der Waals surface area (Å²) in [5.74, 6) is 1.01. The predicted molar refractivity (Wildman–Crippen MR) is 69.7 cm³/mol. The molecule has 1 saturated carbocycles. The molecule has 1 N–H and O–H groups in total. The quantitative estimate of drug-likeness (QED) is 0.790. The Morgan fingerprint density at radius 2 is 2.00 bits per heavy atom. The Kier molecular flexibility index (Phi) is 5.11. The average Bonchev–Trinajstić information content (AvgIpc) is 2.33. The van der Waals surface area contributed by atoms with Crippen molar-refractivity contribution in [2.45, 2.75) is 57.9 Å². The molecule has 1 aliphatic heterocycles. The smallest absolute Gasteiger partial charge is 0.0221 e. The van der Waals surface area contributed by atoms with Gasteiger partial charge in [-0.15, -0.1) is 0 Å². The van der Waals surface area contributed by atoms with Gasteiger partial charge in [-0.1, -0.05) is 32.6 Å². The summed E-state index contributed by atoms with van der Waals surface area (Å²) in [6.45, 7) is 7.40. The normalized spacial score (nSPS) is 29.4. The molecule has 0 aromatic heterocycles. The molecule has 2 nitrogen and oxygen atoms in total. The van der Waals surface area contributed by atoms with Crippen LogP contribution in [0, 0.1) is 5.92 Å². The highest BCUT2D eigenvalue weighted by Crippen LogP contribution is 2.25. The molecule has 1 heterocycles. The molecule has 0 aromatic rings. The Labute approximate surface area is 101 Å². The molecule has 0 amide bonds. The largest absolute Gasteiger partial charge is 0.314 e. The van der Waals surface area contributed by atoms with E-state index in [1.54, 1.807) is 0 Å². The van der Waals surface area contributed by atoms with E-state index < -0.39 is 0 Å². The van der Waals surface area contributed by atoms with Gasteiger partial charge in [0.15, 0.2) is 0 Å². The summed E-state index contributed by atoms with van der Waals surface area (Å²) in [5.41, 5.74) is 0. The van der Waals surface area contributed by atoms with Crippen LogP contribution < -0.4 is 5.32 Å². The summed E-state index contributed by atoms with van der Waals surface area (Å²) in [6, 6.07) is 0.820. The van der Waals surface area contributed by atoms with Crippen LogP contribution in [0.4, 0.5) is 0 Å². The third kappa shape index (κ3) is 3.46. The fraction of sp³-hybridized carbons (Fsp3) is 1.00. The van der Waals surface area contributed by atoms with Crippen LogP contribution in [-0.4, -0.2) is 37.1 Å². The summed E-state index contributed by atoms with van der Waals surface area (Å²) in [7, 11) is 0. The molecule has 16 heavy (non-hydrogen) atoms. The third-order valence-electron chi connectivity index (χ3n) is 4.31. The Balaban J connectivity index is 1.80. The minimum Gasteiger partial charge on any atom is -0.314 e. The van der Waals surface area contributed by atoms with Gasteiger partial charge in [0.05, 0.1) is 0 Å². The molecule has 0 bridgehead atoms. The Hall–Kier alpha value is -0.0800. The second-order valence-electron chi connectivity index (χ2n) is 5.65. The van der Waals surface area contributed by atoms with Crippen LogP contribution in [0.1, 0.15) is 51.9 Å². The van der Waals surface area contributed by atoms with Gasteiger partial charge in [-0.25, -0.2) is 0 Å². The van der Waals surface area contributed by atoms with Crippen molar-refractivity contribution in [3.8, 4) is 0 Å². The van der Waals surface area contributed by atoms with Crippen LogP contribution in [-0.2, 0) is 0 Å². The van der Waals surface area contributed by atoms with Crippen LogP contribution in [0.5, 0.6) is 0 Å². The topological polar surface area (TPSA) is 15.3 Å². The molecular weight excluding hydrogens is 196 g/mol. The van der Waals surface area contributed by atoms with Gasteiger partial charge in [-0.05, 0) is 25.2 Å². The van der Waals surface area contributed by atoms with Gasteiger partial charge < -0.3 is 5.32 Å². The zero-order chi connectivity index (χ0) is 11.2. The molecule has 2 aliphatic rings. The van der Waals surface area contributed by atoms with E-state index in [9.17, 15) is 0 Å². The van der Waals surface area contributed by atoms with Crippen molar-refractivity contribution in [2.75, 3.05) is 26.2 Å². The first-order chi connectivity index (χ1) is 7.90. The van der Waals surface area contributed by atoms with Gasteiger partial charge in [0.1, 0.15) is 0 Å². The van der Waals surface area contributed by atoms with Crippen molar-refractivity contribution in [3.05, 3.63) is 0 Å². The molecule has 0 spiro atoms. The Morgan fingerprint density at radius 3 is 2.75 bits per heavy atom. The summed E-state index contributed by atoms with van der Waals surface area (Å²) in [6.07, 6.45) is 10.1. The van der Waals surface area contributed by atoms with Gasteiger partial charge in [0.25, 0.3) is 0 Å². The number of nitrogens with zero attached hydrogens (tertiary/aromatic N) is 1. The third-order valence-corrected chi connectivity index (χ3v) is 4.31. The lowest BCUT2D eigenvalue weighted by Crippen LogP contribution is -2.52. The van der Waals surface area contributed by atoms with E-state index in [-0.39, 0.29) is 0 Å². The fourth-order valence-corrected chi connectivity index (χ4v) is 3.36. The van der Waals surface area contributed by atoms with Crippen molar-refractivity contribution in [2.24, 2.45) is 5.92 Å². The molecule has 94 valence electrons. The number of hydrogen-bond acceptors (Lipinski definition) is 2. The second kappa shape index (κ2) is 6.61. The summed E-state index contributed by atoms with van der Waals surface area (Å²) in [4.78, 5) is 2.77. The van der Waals surface area contributed by atoms with Gasteiger partial charge in [0, 0.05) is 32.2 Å². The van der Waals surface area contributed by atoms with Crippen molar-refractivity contribution < 1.29 is 0 Å². The van der Waals surface area contributed by atoms with Crippen LogP contribution in [0.3, 0.4) is 0 Å². The lowest BCUT2D eigenvalue weighted by molar-refractivity contribution is 0.117. The van der Waals surface area contributed by atoms with Crippen molar-refractivity contribution >= 4 is 0 Å². The molecule has 1 atom stereocenters. The van der Waals surface area contributed by atoms with Crippen molar-refractivity contribution in [3.63, 3.8) is 0 Å². The SMILES string of the molecule is CCCC1CNCCN1CC1CCCCC1. The van der Waals surface area contributed by atoms with Crippen molar-refractivity contribution in [1.29, 1.82) is 0 Å². The second-order valence-corrected chi connectivity index (χ2v) is 5.65. The number of hydrogen-bond donors (Lipinski definition) is 1. The fourth-order valence-electron chi connectivity index (χ4n) is 3.36. The first-order valence-corrected chi connectivity index (χ1v) is 7.35. The van der Waals surface area contributed by atoms with E-state index in [0.29, 0.717) is 0 Å². The summed E-state index contributed by atoms with van der Waals surface area (Å²) >= 11 is 0. The van der Waals surface area contributed by atoms with Crippen LogP contribution in [0.25, 0.3) is 0 Å². The highest BCUT2D eigenvalue weighted by molar-refractivity contribution is 4.82. The van der Waals surface area contributed by atoms with Gasteiger partial charge >= 0.3 is 0 Å². The molecule has 2 rings (SSSR count). The monoisotopic (exact) mass is 224 g/mol. The minimum absolute atomic E-state index is 0.820. The van der Waals surface area contributed by atoms with Crippen molar-refractivity contribution in [1.82, 2.24) is 10.2 Å². The van der Waals surface area contributed by atoms with Gasteiger partial charge in [-0.2, -0.15) is 0 Å². The lowest BCUT2D eigenvalue weighted by Gasteiger charge is -2.39. The molecule has 1 aliphatic carbocycles. The molecular formula is C14H28N2. The number of piperazine rings is 1. The number of nitrogens with one attached hydrogen (secondary N) is 1. The standard InChI is InChI=1S/C14H28N2/c1-2-6-14-11-15-9-10-16(14)12-13-7-4-3-5-8-13/h13-15H,2-12H2,1H3. The average molecular weight is 224 g/mol. The number of rotatable bonds is 4. The predicted octanol–water partition coefficient (Wildman–Crippen LogP) is 2.64. The van der Waals surface area contributed by atoms with Crippen LogP contribution in [0.15, 0.2) is 0 Å². The van der Waals surface area contributed by atoms with E-state index in [1.807, 2.05) is 0 Å². The molecule has 1 unspecified atom stereocenters. The summed E-state index contributed by atoms with van der Waals surface area (Å²) < 4.78 is 0. The molecule has 0 aromatic carbocycles. The minimum atomic E-state index is 0.820. The zero-order valence-corrected chi connectivity index (χ0v) is 10.9. The maximum absolute atomic E-state index is 3.55. The van der Waals surface area contributed by atoms with Gasteiger partial charge in [0.2, 0.25) is 0 Å². The Bertz CT molecular complexity index is 185. The first kappa shape index (κ1) is 12.4. The van der Waals surface area contributed by atoms with E-state index >= 15 is 0 Å². The molecule has 2 fully saturated rings.